The van der Waals surface area contributed by atoms with Gasteiger partial charge in [0.15, 0.2) is 5.76 Å². The fraction of sp³-hybridized carbons (Fsp3) is 0.474. The Morgan fingerprint density at radius 2 is 2.00 bits per heavy atom. The van der Waals surface area contributed by atoms with Crippen molar-refractivity contribution in [2.75, 3.05) is 19.6 Å². The Kier molecular flexibility index (Phi) is 5.18. The van der Waals surface area contributed by atoms with Crippen LogP contribution in [-0.4, -0.2) is 36.3 Å². The smallest absolute Gasteiger partial charge is 0.289 e. The van der Waals surface area contributed by atoms with Crippen molar-refractivity contribution in [1.82, 2.24) is 10.2 Å². The molecule has 0 radical (unpaired) electrons. The van der Waals surface area contributed by atoms with Gasteiger partial charge in [-0.1, -0.05) is 25.1 Å². The largest absolute Gasteiger partial charge is 0.451 e. The SMILES string of the molecule is CCCC(=O)NCC1CCN(C(=O)c2cc3ccccc3o2)CC1. The Labute approximate surface area is 142 Å². The molecule has 2 heterocycles. The highest BCUT2D eigenvalue weighted by molar-refractivity contribution is 5.96. The quantitative estimate of drug-likeness (QED) is 0.917. The van der Waals surface area contributed by atoms with Gasteiger partial charge in [0.1, 0.15) is 5.58 Å². The van der Waals surface area contributed by atoms with E-state index in [1.165, 1.54) is 0 Å². The third-order valence-corrected chi connectivity index (χ3v) is 4.60. The molecule has 1 aliphatic heterocycles. The first kappa shape index (κ1) is 16.6. The fourth-order valence-electron chi connectivity index (χ4n) is 3.16. The van der Waals surface area contributed by atoms with E-state index in [9.17, 15) is 9.59 Å². The number of piperidine rings is 1. The molecule has 0 saturated carbocycles. The summed E-state index contributed by atoms with van der Waals surface area (Å²) in [5.74, 6) is 0.939. The van der Waals surface area contributed by atoms with Gasteiger partial charge in [0.05, 0.1) is 0 Å². The molecule has 0 aliphatic carbocycles. The summed E-state index contributed by atoms with van der Waals surface area (Å²) in [4.78, 5) is 26.0. The van der Waals surface area contributed by atoms with Crippen molar-refractivity contribution < 1.29 is 14.0 Å². The maximum atomic E-state index is 12.6. The summed E-state index contributed by atoms with van der Waals surface area (Å²) in [6.07, 6.45) is 3.29. The van der Waals surface area contributed by atoms with E-state index in [0.29, 0.717) is 37.7 Å². The first-order valence-corrected chi connectivity index (χ1v) is 8.72. The van der Waals surface area contributed by atoms with Crippen LogP contribution in [0.4, 0.5) is 0 Å². The fourth-order valence-corrected chi connectivity index (χ4v) is 3.16. The maximum absolute atomic E-state index is 12.6. The van der Waals surface area contributed by atoms with Gasteiger partial charge in [0.2, 0.25) is 5.91 Å². The molecule has 3 rings (SSSR count). The number of likely N-dealkylation sites (tertiary alicyclic amines) is 1. The van der Waals surface area contributed by atoms with Crippen LogP contribution >= 0.6 is 0 Å². The summed E-state index contributed by atoms with van der Waals surface area (Å²) in [7, 11) is 0. The summed E-state index contributed by atoms with van der Waals surface area (Å²) in [6.45, 7) is 4.14. The number of carbonyl (C=O) groups is 2. The number of carbonyl (C=O) groups excluding carboxylic acids is 2. The molecule has 5 heteroatoms. The summed E-state index contributed by atoms with van der Waals surface area (Å²) in [5.41, 5.74) is 0.745. The predicted octanol–water partition coefficient (Wildman–Crippen LogP) is 3.20. The van der Waals surface area contributed by atoms with E-state index in [2.05, 4.69) is 5.32 Å². The number of para-hydroxylation sites is 1. The number of amides is 2. The number of rotatable bonds is 5. The molecule has 1 fully saturated rings. The summed E-state index contributed by atoms with van der Waals surface area (Å²) >= 11 is 0. The Bertz CT molecular complexity index is 681. The van der Waals surface area contributed by atoms with Gasteiger partial charge in [-0.25, -0.2) is 0 Å². The molecule has 0 unspecified atom stereocenters. The number of nitrogens with one attached hydrogen (secondary N) is 1. The molecule has 1 N–H and O–H groups in total. The number of nitrogens with zero attached hydrogens (tertiary/aromatic N) is 1. The van der Waals surface area contributed by atoms with Crippen LogP contribution in [-0.2, 0) is 4.79 Å². The molecule has 2 aromatic rings. The van der Waals surface area contributed by atoms with Crippen molar-refractivity contribution >= 4 is 22.8 Å². The number of hydrogen-bond donors (Lipinski definition) is 1. The molecule has 1 aromatic heterocycles. The van der Waals surface area contributed by atoms with Crippen LogP contribution < -0.4 is 5.32 Å². The lowest BCUT2D eigenvalue weighted by atomic mass is 9.96. The van der Waals surface area contributed by atoms with Crippen molar-refractivity contribution in [2.45, 2.75) is 32.6 Å². The second-order valence-electron chi connectivity index (χ2n) is 6.44. The van der Waals surface area contributed by atoms with Crippen molar-refractivity contribution in [3.63, 3.8) is 0 Å². The van der Waals surface area contributed by atoms with Crippen molar-refractivity contribution in [1.29, 1.82) is 0 Å². The highest BCUT2D eigenvalue weighted by Crippen LogP contribution is 2.23. The Hall–Kier alpha value is -2.30. The molecule has 1 saturated heterocycles. The highest BCUT2D eigenvalue weighted by atomic mass is 16.3. The molecule has 1 aromatic carbocycles. The third-order valence-electron chi connectivity index (χ3n) is 4.60. The summed E-state index contributed by atoms with van der Waals surface area (Å²) < 4.78 is 5.67. The molecule has 0 bridgehead atoms. The normalized spacial score (nSPS) is 15.6. The summed E-state index contributed by atoms with van der Waals surface area (Å²) in [6, 6.07) is 9.47. The van der Waals surface area contributed by atoms with Crippen LogP contribution in [0.3, 0.4) is 0 Å². The highest BCUT2D eigenvalue weighted by Gasteiger charge is 2.25. The molecular formula is C19H24N2O3. The standard InChI is InChI=1S/C19H24N2O3/c1-2-5-18(22)20-13-14-8-10-21(11-9-14)19(23)17-12-15-6-3-4-7-16(15)24-17/h3-4,6-7,12,14H,2,5,8-11,13H2,1H3,(H,20,22). The Morgan fingerprint density at radius 3 is 2.71 bits per heavy atom. The second-order valence-corrected chi connectivity index (χ2v) is 6.44. The van der Waals surface area contributed by atoms with E-state index in [1.54, 1.807) is 0 Å². The molecule has 5 nitrogen and oxygen atoms in total. The molecule has 0 atom stereocenters. The molecule has 128 valence electrons. The molecule has 1 aliphatic rings. The van der Waals surface area contributed by atoms with Crippen LogP contribution in [0.2, 0.25) is 0 Å². The topological polar surface area (TPSA) is 62.6 Å². The number of furan rings is 1. The van der Waals surface area contributed by atoms with Gasteiger partial charge >= 0.3 is 0 Å². The van der Waals surface area contributed by atoms with Crippen molar-refractivity contribution in [3.8, 4) is 0 Å². The number of benzene rings is 1. The van der Waals surface area contributed by atoms with Gasteiger partial charge < -0.3 is 14.6 Å². The lowest BCUT2D eigenvalue weighted by Crippen LogP contribution is -2.41. The molecular weight excluding hydrogens is 304 g/mol. The minimum Gasteiger partial charge on any atom is -0.451 e. The lowest BCUT2D eigenvalue weighted by Gasteiger charge is -2.31. The van der Waals surface area contributed by atoms with Crippen LogP contribution in [0.15, 0.2) is 34.7 Å². The molecule has 2 amide bonds. The van der Waals surface area contributed by atoms with Crippen molar-refractivity contribution in [3.05, 3.63) is 36.1 Å². The predicted molar refractivity (Wildman–Crippen MR) is 92.8 cm³/mol. The van der Waals surface area contributed by atoms with E-state index in [-0.39, 0.29) is 11.8 Å². The van der Waals surface area contributed by atoms with Gasteiger partial charge in [0.25, 0.3) is 5.91 Å². The Morgan fingerprint density at radius 1 is 1.25 bits per heavy atom. The van der Waals surface area contributed by atoms with Gasteiger partial charge in [0, 0.05) is 31.4 Å². The second kappa shape index (κ2) is 7.51. The maximum Gasteiger partial charge on any atom is 0.289 e. The van der Waals surface area contributed by atoms with Crippen LogP contribution in [0.5, 0.6) is 0 Å². The van der Waals surface area contributed by atoms with E-state index < -0.39 is 0 Å². The van der Waals surface area contributed by atoms with Crippen LogP contribution in [0, 0.1) is 5.92 Å². The van der Waals surface area contributed by atoms with Gasteiger partial charge in [-0.05, 0) is 37.3 Å². The molecule has 24 heavy (non-hydrogen) atoms. The summed E-state index contributed by atoms with van der Waals surface area (Å²) in [5, 5.41) is 3.94. The monoisotopic (exact) mass is 328 g/mol. The Balaban J connectivity index is 1.52. The van der Waals surface area contributed by atoms with E-state index in [4.69, 9.17) is 4.42 Å². The van der Waals surface area contributed by atoms with E-state index in [1.807, 2.05) is 42.2 Å². The van der Waals surface area contributed by atoms with Crippen molar-refractivity contribution in [2.24, 2.45) is 5.92 Å². The third kappa shape index (κ3) is 3.78. The number of fused-ring (bicyclic) bond motifs is 1. The zero-order valence-corrected chi connectivity index (χ0v) is 14.1. The lowest BCUT2D eigenvalue weighted by molar-refractivity contribution is -0.121. The average molecular weight is 328 g/mol. The zero-order chi connectivity index (χ0) is 16.9. The van der Waals surface area contributed by atoms with Crippen LogP contribution in [0.1, 0.15) is 43.2 Å². The first-order chi connectivity index (χ1) is 11.7. The number of hydrogen-bond acceptors (Lipinski definition) is 3. The minimum absolute atomic E-state index is 0.0420. The minimum atomic E-state index is -0.0420. The molecule has 0 spiro atoms. The zero-order valence-electron chi connectivity index (χ0n) is 14.1. The van der Waals surface area contributed by atoms with Gasteiger partial charge in [-0.3, -0.25) is 9.59 Å². The first-order valence-electron chi connectivity index (χ1n) is 8.72. The van der Waals surface area contributed by atoms with Crippen LogP contribution in [0.25, 0.3) is 11.0 Å². The van der Waals surface area contributed by atoms with Gasteiger partial charge in [-0.2, -0.15) is 0 Å². The average Bonchev–Trinajstić information content (AvgIpc) is 3.04. The van der Waals surface area contributed by atoms with Gasteiger partial charge in [-0.15, -0.1) is 0 Å². The van der Waals surface area contributed by atoms with E-state index >= 15 is 0 Å². The van der Waals surface area contributed by atoms with E-state index in [0.717, 1.165) is 30.2 Å².